The van der Waals surface area contributed by atoms with E-state index in [0.29, 0.717) is 39.6 Å². The summed E-state index contributed by atoms with van der Waals surface area (Å²) >= 11 is 0. The largest absolute Gasteiger partial charge is 0.374 e. The number of hydrogen-bond donors (Lipinski definition) is 0. The number of ether oxygens (including phenoxy) is 6. The van der Waals surface area contributed by atoms with Crippen LogP contribution in [0.1, 0.15) is 28.7 Å². The van der Waals surface area contributed by atoms with Crippen LogP contribution in [0.25, 0.3) is 0 Å². The van der Waals surface area contributed by atoms with Crippen LogP contribution in [0.5, 0.6) is 0 Å². The van der Waals surface area contributed by atoms with Crippen molar-refractivity contribution in [2.75, 3.05) is 13.2 Å². The van der Waals surface area contributed by atoms with Gasteiger partial charge in [-0.2, -0.15) is 0 Å². The lowest BCUT2D eigenvalue weighted by molar-refractivity contribution is -0.365. The van der Waals surface area contributed by atoms with Crippen molar-refractivity contribution in [1.29, 1.82) is 0 Å². The second-order valence-electron chi connectivity index (χ2n) is 11.2. The zero-order valence-electron chi connectivity index (χ0n) is 24.9. The summed E-state index contributed by atoms with van der Waals surface area (Å²) in [5.41, 5.74) is 4.27. The molecule has 0 bridgehead atoms. The molecule has 1 spiro atoms. The molecule has 228 valence electrons. The summed E-state index contributed by atoms with van der Waals surface area (Å²) in [5.74, 6) is -1.15. The predicted molar refractivity (Wildman–Crippen MR) is 168 cm³/mol. The van der Waals surface area contributed by atoms with Gasteiger partial charge in [-0.25, -0.2) is 0 Å². The quantitative estimate of drug-likeness (QED) is 0.155. The fourth-order valence-corrected chi connectivity index (χ4v) is 5.70. The molecule has 0 unspecified atom stereocenters. The average molecular weight is 593 g/mol. The standard InChI is InChI=1S/C38H40O6/c1-5-15-30(16-6-1)25-39-29-34-35(40-26-31-17-7-2-8-18-31)36(41-27-32-19-9-3-10-20-32)37(38(44-34)23-13-14-24-43-38)42-28-33-21-11-4-12-22-33/h1-13,15-23,34-37H,14,24-29H2/t34-,35+,36+,37-,38+/m1/s1. The van der Waals surface area contributed by atoms with Gasteiger partial charge in [0.15, 0.2) is 0 Å². The second kappa shape index (κ2) is 15.4. The molecule has 2 heterocycles. The van der Waals surface area contributed by atoms with E-state index in [-0.39, 0.29) is 0 Å². The van der Waals surface area contributed by atoms with Gasteiger partial charge in [0.2, 0.25) is 5.79 Å². The molecule has 1 saturated heterocycles. The van der Waals surface area contributed by atoms with Crippen molar-refractivity contribution in [3.8, 4) is 0 Å². The van der Waals surface area contributed by atoms with Crippen molar-refractivity contribution in [1.82, 2.24) is 0 Å². The summed E-state index contributed by atoms with van der Waals surface area (Å²) in [6.45, 7) is 2.42. The van der Waals surface area contributed by atoms with E-state index >= 15 is 0 Å². The molecule has 2 aliphatic heterocycles. The number of rotatable bonds is 13. The zero-order valence-corrected chi connectivity index (χ0v) is 24.9. The van der Waals surface area contributed by atoms with E-state index in [1.165, 1.54) is 0 Å². The van der Waals surface area contributed by atoms with Crippen LogP contribution in [0.15, 0.2) is 133 Å². The fourth-order valence-electron chi connectivity index (χ4n) is 5.70. The molecule has 44 heavy (non-hydrogen) atoms. The first-order valence-electron chi connectivity index (χ1n) is 15.4. The van der Waals surface area contributed by atoms with Crippen molar-refractivity contribution in [3.63, 3.8) is 0 Å². The third kappa shape index (κ3) is 7.90. The number of hydrogen-bond acceptors (Lipinski definition) is 6. The normalized spacial score (nSPS) is 24.8. The van der Waals surface area contributed by atoms with Gasteiger partial charge in [0.25, 0.3) is 0 Å². The Bertz CT molecular complexity index is 1420. The minimum absolute atomic E-state index is 0.296. The summed E-state index contributed by atoms with van der Waals surface area (Å²) in [4.78, 5) is 0. The molecule has 0 aliphatic carbocycles. The van der Waals surface area contributed by atoms with Gasteiger partial charge in [0.05, 0.1) is 39.6 Å². The van der Waals surface area contributed by atoms with E-state index in [0.717, 1.165) is 28.7 Å². The lowest BCUT2D eigenvalue weighted by atomic mass is 9.90. The highest BCUT2D eigenvalue weighted by Crippen LogP contribution is 2.40. The number of benzene rings is 4. The summed E-state index contributed by atoms with van der Waals surface area (Å²) in [6.07, 6.45) is 2.78. The molecular formula is C38H40O6. The molecule has 5 atom stereocenters. The summed E-state index contributed by atoms with van der Waals surface area (Å²) < 4.78 is 39.8. The van der Waals surface area contributed by atoms with E-state index in [4.69, 9.17) is 28.4 Å². The Morgan fingerprint density at radius 1 is 0.568 bits per heavy atom. The third-order valence-electron chi connectivity index (χ3n) is 7.92. The Morgan fingerprint density at radius 3 is 1.55 bits per heavy atom. The molecule has 0 radical (unpaired) electrons. The highest BCUT2D eigenvalue weighted by Gasteiger charge is 2.57. The molecule has 0 amide bonds. The molecule has 4 aromatic carbocycles. The van der Waals surface area contributed by atoms with Crippen molar-refractivity contribution >= 4 is 0 Å². The Hall–Kier alpha value is -3.62. The van der Waals surface area contributed by atoms with E-state index in [1.54, 1.807) is 0 Å². The summed E-state index contributed by atoms with van der Waals surface area (Å²) in [7, 11) is 0. The predicted octanol–water partition coefficient (Wildman–Crippen LogP) is 7.03. The minimum Gasteiger partial charge on any atom is -0.374 e. The SMILES string of the molecule is C1=C[C@]2(OCC1)O[C@H](COCc1ccccc1)[C@H](OCc1ccccc1)[C@H](OCc1ccccc1)[C@H]2OCc1ccccc1. The van der Waals surface area contributed by atoms with Crippen LogP contribution < -0.4 is 0 Å². The van der Waals surface area contributed by atoms with Gasteiger partial charge in [-0.15, -0.1) is 0 Å². The van der Waals surface area contributed by atoms with Gasteiger partial charge in [-0.1, -0.05) is 127 Å². The molecule has 4 aromatic rings. The first-order chi connectivity index (χ1) is 21.8. The molecule has 6 heteroatoms. The first kappa shape index (κ1) is 30.4. The van der Waals surface area contributed by atoms with Crippen LogP contribution in [0.4, 0.5) is 0 Å². The van der Waals surface area contributed by atoms with Crippen molar-refractivity contribution in [2.45, 2.75) is 63.1 Å². The Kier molecular flexibility index (Phi) is 10.6. The van der Waals surface area contributed by atoms with Gasteiger partial charge >= 0.3 is 0 Å². The first-order valence-corrected chi connectivity index (χ1v) is 15.4. The topological polar surface area (TPSA) is 55.4 Å². The van der Waals surface area contributed by atoms with Gasteiger partial charge in [-0.05, 0) is 34.8 Å². The Morgan fingerprint density at radius 2 is 1.05 bits per heavy atom. The smallest absolute Gasteiger partial charge is 0.218 e. The van der Waals surface area contributed by atoms with Gasteiger partial charge in [-0.3, -0.25) is 0 Å². The molecule has 2 aliphatic rings. The van der Waals surface area contributed by atoms with Crippen LogP contribution in [0.3, 0.4) is 0 Å². The van der Waals surface area contributed by atoms with Crippen LogP contribution in [-0.4, -0.2) is 43.4 Å². The summed E-state index contributed by atoms with van der Waals surface area (Å²) in [6, 6.07) is 40.6. The van der Waals surface area contributed by atoms with Crippen LogP contribution in [-0.2, 0) is 54.8 Å². The maximum absolute atomic E-state index is 6.87. The van der Waals surface area contributed by atoms with Crippen molar-refractivity contribution in [3.05, 3.63) is 156 Å². The maximum Gasteiger partial charge on any atom is 0.218 e. The molecule has 0 aromatic heterocycles. The molecule has 6 nitrogen and oxygen atoms in total. The average Bonchev–Trinajstić information content (AvgIpc) is 3.09. The zero-order chi connectivity index (χ0) is 29.9. The van der Waals surface area contributed by atoms with Crippen molar-refractivity contribution in [2.24, 2.45) is 0 Å². The molecule has 6 rings (SSSR count). The third-order valence-corrected chi connectivity index (χ3v) is 7.92. The van der Waals surface area contributed by atoms with E-state index in [2.05, 4.69) is 54.6 Å². The monoisotopic (exact) mass is 592 g/mol. The van der Waals surface area contributed by atoms with Crippen LogP contribution >= 0.6 is 0 Å². The van der Waals surface area contributed by atoms with Crippen LogP contribution in [0.2, 0.25) is 0 Å². The van der Waals surface area contributed by atoms with Crippen LogP contribution in [0, 0.1) is 0 Å². The Balaban J connectivity index is 1.32. The lowest BCUT2D eigenvalue weighted by Crippen LogP contribution is -2.67. The van der Waals surface area contributed by atoms with E-state index in [9.17, 15) is 0 Å². The van der Waals surface area contributed by atoms with E-state index < -0.39 is 30.2 Å². The molecular weight excluding hydrogens is 552 g/mol. The lowest BCUT2D eigenvalue weighted by Gasteiger charge is -2.52. The summed E-state index contributed by atoms with van der Waals surface area (Å²) in [5, 5.41) is 0. The second-order valence-corrected chi connectivity index (χ2v) is 11.2. The highest BCUT2D eigenvalue weighted by atomic mass is 16.7. The molecule has 0 saturated carbocycles. The van der Waals surface area contributed by atoms with Crippen molar-refractivity contribution < 1.29 is 28.4 Å². The minimum atomic E-state index is -1.15. The van der Waals surface area contributed by atoms with E-state index in [1.807, 2.05) is 78.9 Å². The van der Waals surface area contributed by atoms with Gasteiger partial charge in [0.1, 0.15) is 24.4 Å². The maximum atomic E-state index is 6.87. The van der Waals surface area contributed by atoms with Gasteiger partial charge < -0.3 is 28.4 Å². The molecule has 1 fully saturated rings. The highest BCUT2D eigenvalue weighted by molar-refractivity contribution is 5.18. The molecule has 0 N–H and O–H groups in total. The fraction of sp³-hybridized carbons (Fsp3) is 0.316. The van der Waals surface area contributed by atoms with Gasteiger partial charge in [0, 0.05) is 0 Å². The Labute approximate surface area is 260 Å².